The third kappa shape index (κ3) is 3.61. The lowest BCUT2D eigenvalue weighted by molar-refractivity contribution is -0.384. The van der Waals surface area contributed by atoms with E-state index in [1.807, 2.05) is 18.2 Å². The van der Waals surface area contributed by atoms with Gasteiger partial charge in [0.05, 0.1) is 4.92 Å². The highest BCUT2D eigenvalue weighted by Crippen LogP contribution is 2.27. The zero-order chi connectivity index (χ0) is 16.9. The summed E-state index contributed by atoms with van der Waals surface area (Å²) in [4.78, 5) is 20.8. The third-order valence-corrected chi connectivity index (χ3v) is 4.47. The summed E-state index contributed by atoms with van der Waals surface area (Å²) in [5, 5.41) is 10.9. The highest BCUT2D eigenvalue weighted by Gasteiger charge is 2.26. The lowest BCUT2D eigenvalue weighted by Gasteiger charge is -2.36. The summed E-state index contributed by atoms with van der Waals surface area (Å²) < 4.78 is 0. The molecule has 7 heteroatoms. The van der Waals surface area contributed by atoms with Gasteiger partial charge in [0.15, 0.2) is 0 Å². The van der Waals surface area contributed by atoms with Crippen molar-refractivity contribution in [3.05, 3.63) is 52.2 Å². The summed E-state index contributed by atoms with van der Waals surface area (Å²) in [5.41, 5.74) is 6.79. The van der Waals surface area contributed by atoms with E-state index < -0.39 is 4.92 Å². The third-order valence-electron chi connectivity index (χ3n) is 4.47. The van der Waals surface area contributed by atoms with Crippen molar-refractivity contribution in [3.63, 3.8) is 0 Å². The van der Waals surface area contributed by atoms with Crippen LogP contribution in [0.1, 0.15) is 31.2 Å². The molecule has 1 saturated heterocycles. The van der Waals surface area contributed by atoms with E-state index in [1.165, 1.54) is 18.2 Å². The van der Waals surface area contributed by atoms with Gasteiger partial charge >= 0.3 is 5.69 Å². The first-order chi connectivity index (χ1) is 11.6. The molecule has 1 aliphatic rings. The van der Waals surface area contributed by atoms with E-state index in [9.17, 15) is 10.1 Å². The molecule has 0 aliphatic carbocycles. The molecule has 1 fully saturated rings. The van der Waals surface area contributed by atoms with E-state index >= 15 is 0 Å². The first-order valence-electron chi connectivity index (χ1n) is 8.22. The summed E-state index contributed by atoms with van der Waals surface area (Å²) in [5.74, 6) is 0.424. The van der Waals surface area contributed by atoms with Crippen molar-refractivity contribution in [2.45, 2.75) is 38.1 Å². The quantitative estimate of drug-likeness (QED) is 0.669. The fourth-order valence-electron chi connectivity index (χ4n) is 3.20. The summed E-state index contributed by atoms with van der Waals surface area (Å²) in [6.07, 6.45) is 6.53. The molecule has 1 aromatic heterocycles. The van der Waals surface area contributed by atoms with Gasteiger partial charge < -0.3 is 10.6 Å². The fraction of sp³-hybridized carbons (Fsp3) is 0.412. The van der Waals surface area contributed by atoms with Crippen LogP contribution < -0.4 is 10.6 Å². The van der Waals surface area contributed by atoms with Crippen molar-refractivity contribution in [1.29, 1.82) is 0 Å². The van der Waals surface area contributed by atoms with Crippen LogP contribution in [0.15, 0.2) is 36.5 Å². The molecular weight excluding hydrogens is 306 g/mol. The first kappa shape index (κ1) is 16.2. The average Bonchev–Trinajstić information content (AvgIpc) is 2.60. The molecule has 0 radical (unpaired) electrons. The van der Waals surface area contributed by atoms with Crippen molar-refractivity contribution in [2.75, 3.05) is 17.2 Å². The molecular formula is C17H21N5O2. The maximum Gasteiger partial charge on any atom is 0.329 e. The van der Waals surface area contributed by atoms with Crippen LogP contribution in [-0.4, -0.2) is 27.5 Å². The summed E-state index contributed by atoms with van der Waals surface area (Å²) in [7, 11) is 0. The molecule has 1 unspecified atom stereocenters. The normalized spacial score (nSPS) is 17.7. The number of hydrogen-bond acceptors (Lipinski definition) is 6. The molecule has 3 rings (SSSR count). The van der Waals surface area contributed by atoms with Gasteiger partial charge in [0.1, 0.15) is 6.20 Å². The van der Waals surface area contributed by atoms with Crippen LogP contribution in [-0.2, 0) is 6.42 Å². The van der Waals surface area contributed by atoms with E-state index in [4.69, 9.17) is 5.73 Å². The second-order valence-electron chi connectivity index (χ2n) is 6.06. The Balaban J connectivity index is 1.74. The Bertz CT molecular complexity index is 707. The molecule has 0 spiro atoms. The fourth-order valence-corrected chi connectivity index (χ4v) is 3.20. The highest BCUT2D eigenvalue weighted by atomic mass is 16.6. The monoisotopic (exact) mass is 327 g/mol. The summed E-state index contributed by atoms with van der Waals surface area (Å²) in [6, 6.07) is 10.7. The number of nitrogens with zero attached hydrogens (tertiary/aromatic N) is 4. The molecule has 2 heterocycles. The Morgan fingerprint density at radius 3 is 2.79 bits per heavy atom. The van der Waals surface area contributed by atoms with Crippen LogP contribution >= 0.6 is 0 Å². The topological polar surface area (TPSA) is 98.2 Å². The Kier molecular flexibility index (Phi) is 4.88. The Hall–Kier alpha value is -2.70. The standard InChI is InChI=1S/C17H21N5O2/c18-16-15(22(23)24)12-19-17(20-16)21-11-5-4-8-14(21)10-9-13-6-2-1-3-7-13/h1-3,6-7,12,14H,4-5,8-11H2,(H2,18,19,20). The molecule has 24 heavy (non-hydrogen) atoms. The van der Waals surface area contributed by atoms with Gasteiger partial charge in [0, 0.05) is 12.6 Å². The second kappa shape index (κ2) is 7.25. The number of nitrogen functional groups attached to an aromatic ring is 1. The molecule has 1 atom stereocenters. The van der Waals surface area contributed by atoms with Gasteiger partial charge in [-0.05, 0) is 37.7 Å². The minimum absolute atomic E-state index is 0.0719. The van der Waals surface area contributed by atoms with Crippen LogP contribution in [0.3, 0.4) is 0 Å². The first-order valence-corrected chi connectivity index (χ1v) is 8.22. The molecule has 7 nitrogen and oxygen atoms in total. The molecule has 1 aliphatic heterocycles. The summed E-state index contributed by atoms with van der Waals surface area (Å²) in [6.45, 7) is 0.858. The number of anilines is 2. The largest absolute Gasteiger partial charge is 0.378 e. The molecule has 2 aromatic rings. The zero-order valence-electron chi connectivity index (χ0n) is 13.5. The smallest absolute Gasteiger partial charge is 0.329 e. The van der Waals surface area contributed by atoms with Crippen LogP contribution in [0.25, 0.3) is 0 Å². The highest BCUT2D eigenvalue weighted by molar-refractivity contribution is 5.54. The van der Waals surface area contributed by atoms with Crippen LogP contribution in [0.5, 0.6) is 0 Å². The number of nitro groups is 1. The van der Waals surface area contributed by atoms with E-state index in [0.717, 1.165) is 32.2 Å². The van der Waals surface area contributed by atoms with Crippen LogP contribution in [0.2, 0.25) is 0 Å². The minimum Gasteiger partial charge on any atom is -0.378 e. The number of hydrogen-bond donors (Lipinski definition) is 1. The number of nitrogens with two attached hydrogens (primary N) is 1. The Morgan fingerprint density at radius 2 is 2.08 bits per heavy atom. The lowest BCUT2D eigenvalue weighted by Crippen LogP contribution is -2.41. The Labute approximate surface area is 140 Å². The minimum atomic E-state index is -0.553. The number of rotatable bonds is 5. The molecule has 0 saturated carbocycles. The predicted molar refractivity (Wildman–Crippen MR) is 92.8 cm³/mol. The maximum atomic E-state index is 10.9. The number of benzene rings is 1. The van der Waals surface area contributed by atoms with Gasteiger partial charge in [-0.3, -0.25) is 10.1 Å². The SMILES string of the molecule is Nc1nc(N2CCCCC2CCc2ccccc2)ncc1[N+](=O)[O-]. The van der Waals surface area contributed by atoms with E-state index in [0.29, 0.717) is 12.0 Å². The Morgan fingerprint density at radius 1 is 1.29 bits per heavy atom. The van der Waals surface area contributed by atoms with Crippen molar-refractivity contribution in [2.24, 2.45) is 0 Å². The molecule has 126 valence electrons. The van der Waals surface area contributed by atoms with Crippen LogP contribution in [0.4, 0.5) is 17.5 Å². The van der Waals surface area contributed by atoms with Gasteiger partial charge in [-0.25, -0.2) is 4.98 Å². The molecule has 0 bridgehead atoms. The average molecular weight is 327 g/mol. The van der Waals surface area contributed by atoms with Crippen molar-refractivity contribution >= 4 is 17.5 Å². The van der Waals surface area contributed by atoms with Crippen molar-refractivity contribution < 1.29 is 4.92 Å². The van der Waals surface area contributed by atoms with Crippen molar-refractivity contribution in [1.82, 2.24) is 9.97 Å². The van der Waals surface area contributed by atoms with E-state index in [1.54, 1.807) is 0 Å². The molecule has 1 aromatic carbocycles. The van der Waals surface area contributed by atoms with Crippen LogP contribution in [0, 0.1) is 10.1 Å². The summed E-state index contributed by atoms with van der Waals surface area (Å²) >= 11 is 0. The van der Waals surface area contributed by atoms with E-state index in [-0.39, 0.29) is 11.5 Å². The van der Waals surface area contributed by atoms with Gasteiger partial charge in [-0.1, -0.05) is 30.3 Å². The second-order valence-corrected chi connectivity index (χ2v) is 6.06. The number of aryl methyl sites for hydroxylation is 1. The number of aromatic nitrogens is 2. The van der Waals surface area contributed by atoms with Gasteiger partial charge in [-0.15, -0.1) is 0 Å². The van der Waals surface area contributed by atoms with Gasteiger partial charge in [0.25, 0.3) is 0 Å². The lowest BCUT2D eigenvalue weighted by atomic mass is 9.96. The zero-order valence-corrected chi connectivity index (χ0v) is 13.5. The molecule has 2 N–H and O–H groups in total. The maximum absolute atomic E-state index is 10.9. The van der Waals surface area contributed by atoms with E-state index in [2.05, 4.69) is 27.0 Å². The van der Waals surface area contributed by atoms with Gasteiger partial charge in [-0.2, -0.15) is 4.98 Å². The number of piperidine rings is 1. The van der Waals surface area contributed by atoms with Crippen molar-refractivity contribution in [3.8, 4) is 0 Å². The predicted octanol–water partition coefficient (Wildman–Crippen LogP) is 2.96. The molecule has 0 amide bonds. The van der Waals surface area contributed by atoms with Gasteiger partial charge in [0.2, 0.25) is 11.8 Å².